The number of H-pyrrole nitrogens is 1. The number of pyridine rings is 1. The molecule has 1 aromatic carbocycles. The Balaban J connectivity index is 1.96. The van der Waals surface area contributed by atoms with E-state index in [0.717, 1.165) is 31.5 Å². The van der Waals surface area contributed by atoms with E-state index in [1.807, 2.05) is 4.57 Å². The van der Waals surface area contributed by atoms with Crippen molar-refractivity contribution in [1.29, 1.82) is 0 Å². The van der Waals surface area contributed by atoms with Gasteiger partial charge in [0.15, 0.2) is 5.75 Å². The first kappa shape index (κ1) is 17.1. The van der Waals surface area contributed by atoms with E-state index in [4.69, 9.17) is 10.5 Å². The van der Waals surface area contributed by atoms with E-state index in [-0.39, 0.29) is 23.0 Å². The zero-order chi connectivity index (χ0) is 19.6. The SMILES string of the molecule is COc1c(N2CCC(N)C2)c2[nH]cnc2c2c(=O)c(C(=O)O)cn(C3CC3)c12. The zero-order valence-corrected chi connectivity index (χ0v) is 15.4. The average molecular weight is 383 g/mol. The van der Waals surface area contributed by atoms with Crippen LogP contribution in [0.2, 0.25) is 0 Å². The van der Waals surface area contributed by atoms with Crippen molar-refractivity contribution in [1.82, 2.24) is 14.5 Å². The largest absolute Gasteiger partial charge is 0.492 e. The Morgan fingerprint density at radius 1 is 1.39 bits per heavy atom. The Bertz CT molecular complexity index is 1180. The third kappa shape index (κ3) is 2.32. The number of carbonyl (C=O) groups is 1. The molecule has 28 heavy (non-hydrogen) atoms. The summed E-state index contributed by atoms with van der Waals surface area (Å²) < 4.78 is 7.70. The first-order valence-electron chi connectivity index (χ1n) is 9.37. The summed E-state index contributed by atoms with van der Waals surface area (Å²) in [6, 6.07) is 0.221. The molecule has 1 aliphatic carbocycles. The summed E-state index contributed by atoms with van der Waals surface area (Å²) in [6.45, 7) is 1.45. The van der Waals surface area contributed by atoms with Crippen LogP contribution in [-0.4, -0.2) is 51.9 Å². The molecule has 9 nitrogen and oxygen atoms in total. The van der Waals surface area contributed by atoms with Crippen LogP contribution in [0.25, 0.3) is 21.9 Å². The third-order valence-electron chi connectivity index (χ3n) is 5.69. The summed E-state index contributed by atoms with van der Waals surface area (Å²) in [6.07, 6.45) is 5.71. The van der Waals surface area contributed by atoms with Crippen molar-refractivity contribution in [2.45, 2.75) is 31.3 Å². The van der Waals surface area contributed by atoms with Gasteiger partial charge in [0.2, 0.25) is 5.43 Å². The van der Waals surface area contributed by atoms with E-state index in [1.54, 1.807) is 7.11 Å². The summed E-state index contributed by atoms with van der Waals surface area (Å²) in [5.74, 6) is -0.680. The van der Waals surface area contributed by atoms with E-state index in [0.29, 0.717) is 28.8 Å². The number of ether oxygens (including phenoxy) is 1. The molecule has 9 heteroatoms. The van der Waals surface area contributed by atoms with Crippen molar-refractivity contribution in [2.75, 3.05) is 25.1 Å². The minimum Gasteiger partial charge on any atom is -0.492 e. The maximum absolute atomic E-state index is 13.1. The number of aromatic nitrogens is 3. The Kier molecular flexibility index (Phi) is 3.63. The number of nitrogens with zero attached hydrogens (tertiary/aromatic N) is 3. The van der Waals surface area contributed by atoms with Crippen LogP contribution < -0.4 is 20.8 Å². The number of aromatic amines is 1. The molecule has 3 aromatic rings. The fraction of sp³-hybridized carbons (Fsp3) is 0.421. The van der Waals surface area contributed by atoms with Gasteiger partial charge >= 0.3 is 5.97 Å². The van der Waals surface area contributed by atoms with E-state index >= 15 is 0 Å². The average Bonchev–Trinajstić information content (AvgIpc) is 3.24. The molecule has 3 heterocycles. The number of carboxylic acid groups (broad SMARTS) is 1. The van der Waals surface area contributed by atoms with Crippen LogP contribution in [0.1, 0.15) is 35.7 Å². The van der Waals surface area contributed by atoms with E-state index < -0.39 is 11.4 Å². The van der Waals surface area contributed by atoms with Gasteiger partial charge < -0.3 is 30.0 Å². The van der Waals surface area contributed by atoms with Crippen molar-refractivity contribution < 1.29 is 14.6 Å². The van der Waals surface area contributed by atoms with Gasteiger partial charge in [-0.3, -0.25) is 4.79 Å². The number of benzene rings is 1. The third-order valence-corrected chi connectivity index (χ3v) is 5.69. The van der Waals surface area contributed by atoms with Gasteiger partial charge in [0, 0.05) is 31.4 Å². The number of hydrogen-bond acceptors (Lipinski definition) is 6. The van der Waals surface area contributed by atoms with Crippen LogP contribution in [0.4, 0.5) is 5.69 Å². The highest BCUT2D eigenvalue weighted by Gasteiger charge is 2.33. The predicted molar refractivity (Wildman–Crippen MR) is 104 cm³/mol. The zero-order valence-electron chi connectivity index (χ0n) is 15.4. The molecule has 0 bridgehead atoms. The van der Waals surface area contributed by atoms with Crippen molar-refractivity contribution in [3.63, 3.8) is 0 Å². The molecular weight excluding hydrogens is 362 g/mol. The standard InChI is InChI=1S/C19H21N5O4/c1-28-18-15-12(17(25)11(19(26)27)7-24(15)10-2-3-10)13-14(22-8-21-13)16(18)23-5-4-9(20)6-23/h7-10H,2-6,20H2,1H3,(H,21,22)(H,26,27). The highest BCUT2D eigenvalue weighted by molar-refractivity contribution is 6.14. The number of carboxylic acids is 1. The molecule has 1 unspecified atom stereocenters. The molecular formula is C19H21N5O4. The van der Waals surface area contributed by atoms with Gasteiger partial charge in [0.25, 0.3) is 0 Å². The highest BCUT2D eigenvalue weighted by Crippen LogP contribution is 2.46. The monoisotopic (exact) mass is 383 g/mol. The number of anilines is 1. The van der Waals surface area contributed by atoms with Gasteiger partial charge in [0.05, 0.1) is 29.9 Å². The number of rotatable bonds is 4. The number of nitrogens with one attached hydrogen (secondary N) is 1. The number of nitrogens with two attached hydrogens (primary N) is 1. The van der Waals surface area contributed by atoms with E-state index in [9.17, 15) is 14.7 Å². The molecule has 146 valence electrons. The van der Waals surface area contributed by atoms with Crippen LogP contribution >= 0.6 is 0 Å². The summed E-state index contributed by atoms with van der Waals surface area (Å²) in [7, 11) is 1.57. The maximum Gasteiger partial charge on any atom is 0.341 e. The molecule has 4 N–H and O–H groups in total. The van der Waals surface area contributed by atoms with Crippen LogP contribution in [0, 0.1) is 0 Å². The molecule has 2 aliphatic rings. The first-order valence-corrected chi connectivity index (χ1v) is 9.37. The van der Waals surface area contributed by atoms with Gasteiger partial charge in [-0.05, 0) is 19.3 Å². The lowest BCUT2D eigenvalue weighted by atomic mass is 10.1. The smallest absolute Gasteiger partial charge is 0.341 e. The molecule has 2 fully saturated rings. The van der Waals surface area contributed by atoms with E-state index in [1.165, 1.54) is 12.5 Å². The quantitative estimate of drug-likeness (QED) is 0.622. The lowest BCUT2D eigenvalue weighted by Gasteiger charge is -2.24. The molecule has 1 atom stereocenters. The summed E-state index contributed by atoms with van der Waals surface area (Å²) in [5, 5.41) is 9.85. The molecule has 1 saturated carbocycles. The normalized spacial score (nSPS) is 19.6. The van der Waals surface area contributed by atoms with Gasteiger partial charge in [-0.15, -0.1) is 0 Å². The fourth-order valence-corrected chi connectivity index (χ4v) is 4.25. The van der Waals surface area contributed by atoms with Crippen LogP contribution in [-0.2, 0) is 0 Å². The van der Waals surface area contributed by atoms with Crippen LogP contribution in [0.15, 0.2) is 17.3 Å². The van der Waals surface area contributed by atoms with Crippen LogP contribution in [0.5, 0.6) is 5.75 Å². The second-order valence-electron chi connectivity index (χ2n) is 7.54. The lowest BCUT2D eigenvalue weighted by molar-refractivity contribution is 0.0695. The maximum atomic E-state index is 13.1. The number of aromatic carboxylic acids is 1. The van der Waals surface area contributed by atoms with E-state index in [2.05, 4.69) is 14.9 Å². The minimum absolute atomic E-state index is 0.0679. The molecule has 0 amide bonds. The second-order valence-corrected chi connectivity index (χ2v) is 7.54. The van der Waals surface area contributed by atoms with Crippen molar-refractivity contribution in [3.05, 3.63) is 28.3 Å². The topological polar surface area (TPSA) is 126 Å². The predicted octanol–water partition coefficient (Wildman–Crippen LogP) is 1.46. The Morgan fingerprint density at radius 2 is 2.18 bits per heavy atom. The van der Waals surface area contributed by atoms with Crippen LogP contribution in [0.3, 0.4) is 0 Å². The molecule has 5 rings (SSSR count). The van der Waals surface area contributed by atoms with Gasteiger partial charge in [-0.1, -0.05) is 0 Å². The van der Waals surface area contributed by atoms with Crippen molar-refractivity contribution >= 4 is 33.6 Å². The Hall–Kier alpha value is -3.07. The van der Waals surface area contributed by atoms with Gasteiger partial charge in [-0.2, -0.15) is 0 Å². The first-order chi connectivity index (χ1) is 13.5. The second kappa shape index (κ2) is 5.96. The van der Waals surface area contributed by atoms with Gasteiger partial charge in [-0.25, -0.2) is 9.78 Å². The summed E-state index contributed by atoms with van der Waals surface area (Å²) >= 11 is 0. The molecule has 0 radical (unpaired) electrons. The highest BCUT2D eigenvalue weighted by atomic mass is 16.5. The molecule has 2 aromatic heterocycles. The Morgan fingerprint density at radius 3 is 2.79 bits per heavy atom. The minimum atomic E-state index is -1.24. The van der Waals surface area contributed by atoms with Crippen molar-refractivity contribution in [3.8, 4) is 5.75 Å². The lowest BCUT2D eigenvalue weighted by Crippen LogP contribution is -2.27. The summed E-state index contributed by atoms with van der Waals surface area (Å²) in [4.78, 5) is 34.4. The number of fused-ring (bicyclic) bond motifs is 3. The van der Waals surface area contributed by atoms with Crippen molar-refractivity contribution in [2.24, 2.45) is 5.73 Å². The molecule has 1 aliphatic heterocycles. The number of methoxy groups -OCH3 is 1. The summed E-state index contributed by atoms with van der Waals surface area (Å²) in [5.41, 5.74) is 7.90. The molecule has 0 spiro atoms. The number of hydrogen-bond donors (Lipinski definition) is 3. The number of imidazole rings is 1. The van der Waals surface area contributed by atoms with Gasteiger partial charge in [0.1, 0.15) is 16.8 Å². The molecule has 1 saturated heterocycles. The Labute approximate surface area is 159 Å². The fourth-order valence-electron chi connectivity index (χ4n) is 4.25.